The van der Waals surface area contributed by atoms with Crippen LogP contribution in [-0.2, 0) is 6.42 Å². The van der Waals surface area contributed by atoms with Gasteiger partial charge in [-0.15, -0.1) is 0 Å². The number of hydrogen-bond acceptors (Lipinski definition) is 1. The summed E-state index contributed by atoms with van der Waals surface area (Å²) in [4.78, 5) is 0. The van der Waals surface area contributed by atoms with E-state index in [4.69, 9.17) is 4.74 Å². The van der Waals surface area contributed by atoms with E-state index in [0.717, 1.165) is 12.2 Å². The summed E-state index contributed by atoms with van der Waals surface area (Å²) >= 11 is 0. The first-order valence-corrected chi connectivity index (χ1v) is 4.05. The van der Waals surface area contributed by atoms with Crippen molar-refractivity contribution in [1.29, 1.82) is 0 Å². The summed E-state index contributed by atoms with van der Waals surface area (Å²) in [6, 6.07) is 7.94. The van der Waals surface area contributed by atoms with E-state index in [1.54, 1.807) is 6.92 Å². The molecule has 0 saturated carbocycles. The Morgan fingerprint density at radius 3 is 2.75 bits per heavy atom. The average molecular weight is 160 g/mol. The zero-order valence-electron chi connectivity index (χ0n) is 7.42. The Labute approximate surface area is 73.4 Å². The van der Waals surface area contributed by atoms with Gasteiger partial charge in [0, 0.05) is 6.92 Å². The van der Waals surface area contributed by atoms with Gasteiger partial charge >= 0.3 is 0 Å². The van der Waals surface area contributed by atoms with Crippen molar-refractivity contribution in [3.05, 3.63) is 29.8 Å². The van der Waals surface area contributed by atoms with E-state index in [1.807, 2.05) is 24.3 Å². The number of benzene rings is 1. The van der Waals surface area contributed by atoms with Crippen molar-refractivity contribution in [2.45, 2.75) is 20.3 Å². The maximum absolute atomic E-state index is 5.22. The fourth-order valence-electron chi connectivity index (χ4n) is 1.00. The molecule has 0 saturated heterocycles. The molecule has 0 spiro atoms. The molecule has 0 amide bonds. The topological polar surface area (TPSA) is 9.23 Å². The molecule has 0 atom stereocenters. The summed E-state index contributed by atoms with van der Waals surface area (Å²) in [6.07, 6.45) is 3.56. The van der Waals surface area contributed by atoms with Crippen LogP contribution < -0.4 is 4.74 Å². The molecule has 0 heterocycles. The molecule has 0 aliphatic rings. The molecule has 1 aromatic rings. The first-order chi connectivity index (χ1) is 5.88. The minimum absolute atomic E-state index is 0.870. The van der Waals surface area contributed by atoms with E-state index in [-0.39, 0.29) is 0 Å². The summed E-state index contributed by atoms with van der Waals surface area (Å²) in [7, 11) is 0. The number of aryl methyl sites for hydroxylation is 1. The number of rotatable bonds is 2. The third-order valence-corrected chi connectivity index (χ3v) is 1.62. The van der Waals surface area contributed by atoms with Crippen LogP contribution in [0.3, 0.4) is 0 Å². The molecule has 0 aromatic heterocycles. The van der Waals surface area contributed by atoms with Crippen LogP contribution in [0.5, 0.6) is 5.75 Å². The number of hydrogen-bond donors (Lipinski definition) is 0. The van der Waals surface area contributed by atoms with Crippen LogP contribution in [0.1, 0.15) is 19.4 Å². The second-order valence-corrected chi connectivity index (χ2v) is 2.42. The SMILES string of the molecule is CC#COc1ccccc1CC. The lowest BCUT2D eigenvalue weighted by atomic mass is 10.1. The van der Waals surface area contributed by atoms with Crippen molar-refractivity contribution in [2.75, 3.05) is 0 Å². The van der Waals surface area contributed by atoms with E-state index >= 15 is 0 Å². The van der Waals surface area contributed by atoms with E-state index in [0.29, 0.717) is 0 Å². The molecule has 12 heavy (non-hydrogen) atoms. The normalized spacial score (nSPS) is 8.50. The second-order valence-electron chi connectivity index (χ2n) is 2.42. The predicted molar refractivity (Wildman–Crippen MR) is 49.9 cm³/mol. The highest BCUT2D eigenvalue weighted by atomic mass is 16.5. The monoisotopic (exact) mass is 160 g/mol. The zero-order chi connectivity index (χ0) is 8.81. The lowest BCUT2D eigenvalue weighted by Gasteiger charge is -2.02. The van der Waals surface area contributed by atoms with Gasteiger partial charge in [-0.05, 0) is 18.1 Å². The molecule has 0 aliphatic carbocycles. The number of ether oxygens (including phenoxy) is 1. The van der Waals surface area contributed by atoms with Gasteiger partial charge in [0.05, 0.1) is 0 Å². The lowest BCUT2D eigenvalue weighted by molar-refractivity contribution is 0.512. The van der Waals surface area contributed by atoms with Gasteiger partial charge in [-0.1, -0.05) is 31.0 Å². The zero-order valence-corrected chi connectivity index (χ0v) is 7.42. The largest absolute Gasteiger partial charge is 0.407 e. The van der Waals surface area contributed by atoms with Crippen molar-refractivity contribution in [3.8, 4) is 17.8 Å². The first kappa shape index (κ1) is 8.67. The van der Waals surface area contributed by atoms with E-state index in [9.17, 15) is 0 Å². The highest BCUT2D eigenvalue weighted by molar-refractivity contribution is 5.34. The van der Waals surface area contributed by atoms with Crippen LogP contribution in [0.25, 0.3) is 0 Å². The van der Waals surface area contributed by atoms with Gasteiger partial charge in [0.1, 0.15) is 11.9 Å². The van der Waals surface area contributed by atoms with E-state index in [2.05, 4.69) is 19.0 Å². The lowest BCUT2D eigenvalue weighted by Crippen LogP contribution is -1.88. The Balaban J connectivity index is 2.86. The summed E-state index contributed by atoms with van der Waals surface area (Å²) in [5, 5.41) is 0. The van der Waals surface area contributed by atoms with Gasteiger partial charge in [-0.3, -0.25) is 0 Å². The molecule has 0 aliphatic heterocycles. The first-order valence-electron chi connectivity index (χ1n) is 4.05. The molecule has 0 bridgehead atoms. The maximum atomic E-state index is 5.22. The van der Waals surface area contributed by atoms with Gasteiger partial charge in [0.25, 0.3) is 0 Å². The van der Waals surface area contributed by atoms with Crippen molar-refractivity contribution in [2.24, 2.45) is 0 Å². The molecule has 62 valence electrons. The van der Waals surface area contributed by atoms with E-state index < -0.39 is 0 Å². The summed E-state index contributed by atoms with van der Waals surface area (Å²) in [5.74, 6) is 3.57. The van der Waals surface area contributed by atoms with Crippen molar-refractivity contribution in [1.82, 2.24) is 0 Å². The van der Waals surface area contributed by atoms with Crippen LogP contribution in [0.15, 0.2) is 24.3 Å². The number of para-hydroxylation sites is 1. The van der Waals surface area contributed by atoms with Gasteiger partial charge in [-0.2, -0.15) is 0 Å². The molecule has 0 unspecified atom stereocenters. The minimum atomic E-state index is 0.870. The van der Waals surface area contributed by atoms with Gasteiger partial charge in [-0.25, -0.2) is 0 Å². The van der Waals surface area contributed by atoms with Crippen LogP contribution >= 0.6 is 0 Å². The van der Waals surface area contributed by atoms with Crippen LogP contribution in [0.2, 0.25) is 0 Å². The molecule has 1 heteroatoms. The molecule has 0 N–H and O–H groups in total. The average Bonchev–Trinajstić information content (AvgIpc) is 2.15. The van der Waals surface area contributed by atoms with Crippen molar-refractivity contribution in [3.63, 3.8) is 0 Å². The summed E-state index contributed by atoms with van der Waals surface area (Å²) in [6.45, 7) is 3.86. The summed E-state index contributed by atoms with van der Waals surface area (Å²) in [5.41, 5.74) is 1.19. The Morgan fingerprint density at radius 2 is 2.08 bits per heavy atom. The Hall–Kier alpha value is -1.42. The van der Waals surface area contributed by atoms with Crippen molar-refractivity contribution < 1.29 is 4.74 Å². The molecule has 1 rings (SSSR count). The Bertz CT molecular complexity index is 304. The fourth-order valence-corrected chi connectivity index (χ4v) is 1.00. The molecule has 0 fully saturated rings. The third kappa shape index (κ3) is 2.03. The third-order valence-electron chi connectivity index (χ3n) is 1.62. The van der Waals surface area contributed by atoms with Crippen LogP contribution in [0, 0.1) is 12.0 Å². The quantitative estimate of drug-likeness (QED) is 0.604. The van der Waals surface area contributed by atoms with Gasteiger partial charge in [0.15, 0.2) is 0 Å². The van der Waals surface area contributed by atoms with Gasteiger partial charge < -0.3 is 4.74 Å². The summed E-state index contributed by atoms with van der Waals surface area (Å²) < 4.78 is 5.22. The molecular weight excluding hydrogens is 148 g/mol. The molecular formula is C11H12O. The van der Waals surface area contributed by atoms with Gasteiger partial charge in [0.2, 0.25) is 0 Å². The second kappa shape index (κ2) is 4.46. The smallest absolute Gasteiger partial charge is 0.143 e. The molecule has 1 nitrogen and oxygen atoms in total. The Kier molecular flexibility index (Phi) is 3.22. The predicted octanol–water partition coefficient (Wildman–Crippen LogP) is 2.61. The Morgan fingerprint density at radius 1 is 1.33 bits per heavy atom. The minimum Gasteiger partial charge on any atom is -0.407 e. The van der Waals surface area contributed by atoms with Crippen molar-refractivity contribution >= 4 is 0 Å². The van der Waals surface area contributed by atoms with Crippen LogP contribution in [0.4, 0.5) is 0 Å². The standard InChI is InChI=1S/C11H12O/c1-3-9-12-11-8-6-5-7-10(11)4-2/h5-8H,4H2,1-2H3. The molecule has 1 aromatic carbocycles. The highest BCUT2D eigenvalue weighted by Crippen LogP contribution is 2.17. The molecule has 0 radical (unpaired) electrons. The maximum Gasteiger partial charge on any atom is 0.143 e. The van der Waals surface area contributed by atoms with Crippen LogP contribution in [-0.4, -0.2) is 0 Å². The van der Waals surface area contributed by atoms with E-state index in [1.165, 1.54) is 5.56 Å². The fraction of sp³-hybridized carbons (Fsp3) is 0.273. The highest BCUT2D eigenvalue weighted by Gasteiger charge is 1.97.